The third kappa shape index (κ3) is 6.27. The average Bonchev–Trinajstić information content (AvgIpc) is 3.53. The Labute approximate surface area is 273 Å². The number of carbonyl (C=O) groups excluding carboxylic acids is 2. The number of anilines is 1. The summed E-state index contributed by atoms with van der Waals surface area (Å²) in [5.74, 6) is -1.24. The molecule has 6 rings (SSSR count). The number of urea groups is 1. The van der Waals surface area contributed by atoms with E-state index in [1.807, 2.05) is 47.9 Å². The first-order chi connectivity index (χ1) is 21.6. The van der Waals surface area contributed by atoms with Crippen molar-refractivity contribution in [3.63, 3.8) is 0 Å². The summed E-state index contributed by atoms with van der Waals surface area (Å²) in [4.78, 5) is 32.8. The maximum atomic E-state index is 14.5. The molecule has 1 aliphatic rings. The Hall–Kier alpha value is -4.36. The van der Waals surface area contributed by atoms with Crippen LogP contribution in [-0.2, 0) is 17.8 Å². The molecule has 0 bridgehead atoms. The minimum Gasteiger partial charge on any atom is -0.338 e. The molecule has 2 unspecified atom stereocenters. The van der Waals surface area contributed by atoms with Gasteiger partial charge in [0.1, 0.15) is 12.4 Å². The Balaban J connectivity index is 1.20. The number of nitrogens with zero attached hydrogens (tertiary/aromatic N) is 4. The van der Waals surface area contributed by atoms with Crippen molar-refractivity contribution < 1.29 is 14.0 Å². The summed E-state index contributed by atoms with van der Waals surface area (Å²) in [6.45, 7) is 2.16. The van der Waals surface area contributed by atoms with Crippen LogP contribution in [0.2, 0.25) is 15.1 Å². The highest BCUT2D eigenvalue weighted by atomic mass is 35.5. The molecule has 1 saturated heterocycles. The number of halogens is 4. The molecule has 0 spiro atoms. The molecule has 0 saturated carbocycles. The van der Waals surface area contributed by atoms with Gasteiger partial charge in [-0.15, -0.1) is 0 Å². The third-order valence-corrected chi connectivity index (χ3v) is 8.94. The van der Waals surface area contributed by atoms with E-state index in [0.717, 1.165) is 33.4 Å². The number of pyridine rings is 1. The number of nitriles is 1. The van der Waals surface area contributed by atoms with E-state index in [1.165, 1.54) is 24.3 Å². The number of amides is 3. The second kappa shape index (κ2) is 12.6. The zero-order chi connectivity index (χ0) is 31.8. The van der Waals surface area contributed by atoms with E-state index in [1.54, 1.807) is 11.0 Å². The second-order valence-electron chi connectivity index (χ2n) is 11.0. The molecule has 2 N–H and O–H groups in total. The molecule has 1 aliphatic heterocycles. The van der Waals surface area contributed by atoms with Crippen LogP contribution in [0, 0.1) is 30.0 Å². The fraction of sp³-hybridized carbons (Fsp3) is 0.212. The maximum absolute atomic E-state index is 14.5. The minimum atomic E-state index is -0.637. The molecule has 0 radical (unpaired) electrons. The molecule has 5 aromatic rings. The van der Waals surface area contributed by atoms with Crippen LogP contribution in [0.25, 0.3) is 21.8 Å². The van der Waals surface area contributed by atoms with Crippen LogP contribution in [0.1, 0.15) is 17.0 Å². The molecule has 12 heteroatoms. The number of aromatic nitrogens is 2. The van der Waals surface area contributed by atoms with Crippen LogP contribution in [0.4, 0.5) is 14.9 Å². The van der Waals surface area contributed by atoms with E-state index in [2.05, 4.69) is 16.7 Å². The Morgan fingerprint density at radius 2 is 1.80 bits per heavy atom. The second-order valence-corrected chi connectivity index (χ2v) is 12.2. The molecule has 1 fully saturated rings. The number of hydrogen-bond donors (Lipinski definition) is 2. The molecule has 8 nitrogen and oxygen atoms in total. The molecule has 2 atom stereocenters. The molecule has 3 heterocycles. The first kappa shape index (κ1) is 30.7. The normalized spacial score (nSPS) is 16.2. The number of benzene rings is 3. The fourth-order valence-electron chi connectivity index (χ4n) is 5.84. The van der Waals surface area contributed by atoms with Crippen molar-refractivity contribution in [1.82, 2.24) is 19.8 Å². The molecular formula is C33H26Cl3FN6O2. The van der Waals surface area contributed by atoms with Crippen LogP contribution in [0.5, 0.6) is 0 Å². The monoisotopic (exact) mass is 662 g/mol. The van der Waals surface area contributed by atoms with Crippen molar-refractivity contribution in [1.29, 1.82) is 5.26 Å². The summed E-state index contributed by atoms with van der Waals surface area (Å²) in [6.07, 6.45) is 0.459. The van der Waals surface area contributed by atoms with Crippen molar-refractivity contribution in [2.75, 3.05) is 18.4 Å². The van der Waals surface area contributed by atoms with Gasteiger partial charge >= 0.3 is 6.03 Å². The van der Waals surface area contributed by atoms with Crippen molar-refractivity contribution in [2.24, 2.45) is 5.92 Å². The summed E-state index contributed by atoms with van der Waals surface area (Å²) >= 11 is 18.3. The van der Waals surface area contributed by atoms with Crippen LogP contribution in [0.15, 0.2) is 66.7 Å². The van der Waals surface area contributed by atoms with Gasteiger partial charge in [-0.1, -0.05) is 59.1 Å². The predicted molar refractivity (Wildman–Crippen MR) is 174 cm³/mol. The third-order valence-electron chi connectivity index (χ3n) is 8.12. The molecule has 45 heavy (non-hydrogen) atoms. The lowest BCUT2D eigenvalue weighted by molar-refractivity contribution is -0.130. The van der Waals surface area contributed by atoms with E-state index in [4.69, 9.17) is 39.8 Å². The highest BCUT2D eigenvalue weighted by molar-refractivity contribution is 6.42. The SMILES string of the molecule is Cc1c(Cc2ccc3ccccc3n2)c2cc(F)ccc2n1CC(=O)N1CC(C#N)C(NC(=O)Nc2c(Cl)cc(Cl)cc2Cl)C1. The van der Waals surface area contributed by atoms with Crippen LogP contribution >= 0.6 is 34.8 Å². The first-order valence-electron chi connectivity index (χ1n) is 14.1. The Morgan fingerprint density at radius 3 is 2.56 bits per heavy atom. The van der Waals surface area contributed by atoms with Gasteiger partial charge in [0.25, 0.3) is 0 Å². The molecule has 3 amide bonds. The average molecular weight is 664 g/mol. The Bertz CT molecular complexity index is 2000. The zero-order valence-electron chi connectivity index (χ0n) is 24.0. The number of nitrogens with one attached hydrogen (secondary N) is 2. The smallest absolute Gasteiger partial charge is 0.319 e. The highest BCUT2D eigenvalue weighted by Gasteiger charge is 2.37. The topological polar surface area (TPSA) is 103 Å². The van der Waals surface area contributed by atoms with Crippen molar-refractivity contribution in [3.8, 4) is 6.07 Å². The van der Waals surface area contributed by atoms with Gasteiger partial charge in [-0.05, 0) is 55.0 Å². The number of rotatable bonds is 6. The van der Waals surface area contributed by atoms with E-state index >= 15 is 0 Å². The lowest BCUT2D eigenvalue weighted by Gasteiger charge is -2.19. The van der Waals surface area contributed by atoms with Gasteiger partial charge in [-0.2, -0.15) is 5.26 Å². The predicted octanol–water partition coefficient (Wildman–Crippen LogP) is 7.36. The van der Waals surface area contributed by atoms with Crippen molar-refractivity contribution in [2.45, 2.75) is 25.9 Å². The summed E-state index contributed by atoms with van der Waals surface area (Å²) in [6, 6.07) is 20.2. The molecule has 3 aromatic carbocycles. The van der Waals surface area contributed by atoms with Crippen LogP contribution in [-0.4, -0.2) is 45.5 Å². The van der Waals surface area contributed by atoms with Gasteiger partial charge in [0.05, 0.1) is 39.3 Å². The number of para-hydroxylation sites is 1. The standard InChI is InChI=1S/C33H26Cl3FN6O2/c1-18-24(13-23-8-6-19-4-2-3-5-28(19)39-23)25-12-22(37)7-9-30(25)43(18)17-31(44)42-15-20(14-38)29(16-42)40-33(45)41-32-26(35)10-21(34)11-27(32)36/h2-12,20,29H,13,15-17H2,1H3,(H2,40,41,45). The van der Waals surface area contributed by atoms with Gasteiger partial charge in [0, 0.05) is 52.2 Å². The van der Waals surface area contributed by atoms with E-state index in [-0.39, 0.29) is 47.1 Å². The highest BCUT2D eigenvalue weighted by Crippen LogP contribution is 2.34. The minimum absolute atomic E-state index is 0.0217. The maximum Gasteiger partial charge on any atom is 0.319 e. The van der Waals surface area contributed by atoms with Crippen LogP contribution < -0.4 is 10.6 Å². The molecular weight excluding hydrogens is 638 g/mol. The van der Waals surface area contributed by atoms with Gasteiger partial charge < -0.3 is 20.1 Å². The number of hydrogen-bond acceptors (Lipinski definition) is 4. The van der Waals surface area contributed by atoms with Crippen molar-refractivity contribution in [3.05, 3.63) is 105 Å². The molecule has 0 aliphatic carbocycles. The van der Waals surface area contributed by atoms with Crippen LogP contribution in [0.3, 0.4) is 0 Å². The quantitative estimate of drug-likeness (QED) is 0.198. The molecule has 2 aromatic heterocycles. The largest absolute Gasteiger partial charge is 0.338 e. The van der Waals surface area contributed by atoms with E-state index in [0.29, 0.717) is 16.8 Å². The van der Waals surface area contributed by atoms with Gasteiger partial charge in [0.15, 0.2) is 0 Å². The lowest BCUT2D eigenvalue weighted by atomic mass is 10.0. The lowest BCUT2D eigenvalue weighted by Crippen LogP contribution is -2.43. The number of carbonyl (C=O) groups is 2. The van der Waals surface area contributed by atoms with E-state index < -0.39 is 18.0 Å². The fourth-order valence-corrected chi connectivity index (χ4v) is 6.75. The van der Waals surface area contributed by atoms with Gasteiger partial charge in [0.2, 0.25) is 5.91 Å². The summed E-state index contributed by atoms with van der Waals surface area (Å²) < 4.78 is 16.3. The molecule has 228 valence electrons. The number of fused-ring (bicyclic) bond motifs is 2. The zero-order valence-corrected chi connectivity index (χ0v) is 26.2. The van der Waals surface area contributed by atoms with Gasteiger partial charge in [-0.3, -0.25) is 9.78 Å². The summed E-state index contributed by atoms with van der Waals surface area (Å²) in [7, 11) is 0. The number of likely N-dealkylation sites (tertiary alicyclic amines) is 1. The Kier molecular flexibility index (Phi) is 8.56. The Morgan fingerprint density at radius 1 is 1.04 bits per heavy atom. The van der Waals surface area contributed by atoms with E-state index in [9.17, 15) is 19.2 Å². The van der Waals surface area contributed by atoms with Crippen molar-refractivity contribution >= 4 is 74.2 Å². The summed E-state index contributed by atoms with van der Waals surface area (Å²) in [5.41, 5.74) is 4.31. The van der Waals surface area contributed by atoms with Gasteiger partial charge in [-0.25, -0.2) is 9.18 Å². The summed E-state index contributed by atoms with van der Waals surface area (Å²) in [5, 5.41) is 17.5. The first-order valence-corrected chi connectivity index (χ1v) is 15.3.